The van der Waals surface area contributed by atoms with Crippen molar-refractivity contribution >= 4 is 17.6 Å². The molecule has 110 valence electrons. The molecule has 0 bridgehead atoms. The number of carbonyl (C=O) groups excluding carboxylic acids is 1. The number of hydrogen-bond acceptors (Lipinski definition) is 2. The Morgan fingerprint density at radius 2 is 2.19 bits per heavy atom. The molecule has 21 heavy (non-hydrogen) atoms. The van der Waals surface area contributed by atoms with Gasteiger partial charge in [0.15, 0.2) is 0 Å². The highest BCUT2D eigenvalue weighted by molar-refractivity contribution is 6.31. The zero-order chi connectivity index (χ0) is 14.8. The van der Waals surface area contributed by atoms with E-state index in [1.165, 1.54) is 23.2 Å². The number of carbonyl (C=O) groups is 1. The molecule has 0 saturated carbocycles. The lowest BCUT2D eigenvalue weighted by Crippen LogP contribution is -3.14. The quantitative estimate of drug-likeness (QED) is 0.867. The molecule has 3 nitrogen and oxygen atoms in total. The van der Waals surface area contributed by atoms with Crippen molar-refractivity contribution in [1.82, 2.24) is 0 Å². The smallest absolute Gasteiger partial charge is 0.369 e. The molecule has 1 N–H and O–H groups in total. The monoisotopic (exact) mass is 304 g/mol. The maximum absolute atomic E-state index is 12.3. The van der Waals surface area contributed by atoms with E-state index in [1.54, 1.807) is 0 Å². The molecule has 0 saturated heterocycles. The molecule has 1 heterocycles. The summed E-state index contributed by atoms with van der Waals surface area (Å²) in [4.78, 5) is 13.5. The second-order valence-corrected chi connectivity index (χ2v) is 5.96. The second-order valence-electron chi connectivity index (χ2n) is 5.55. The number of quaternary nitrogens is 1. The van der Waals surface area contributed by atoms with Gasteiger partial charge < -0.3 is 9.64 Å². The maximum Gasteiger partial charge on any atom is 0.369 e. The highest BCUT2D eigenvalue weighted by Crippen LogP contribution is 2.26. The predicted octanol–water partition coefficient (Wildman–Crippen LogP) is 2.10. The number of hydrogen-bond donors (Lipinski definition) is 1. The van der Waals surface area contributed by atoms with Crippen molar-refractivity contribution in [3.05, 3.63) is 58.1 Å². The molecule has 0 spiro atoms. The third-order valence-corrected chi connectivity index (χ3v) is 4.71. The lowest BCUT2D eigenvalue weighted by Gasteiger charge is -2.31. The molecule has 0 fully saturated rings. The van der Waals surface area contributed by atoms with Crippen molar-refractivity contribution in [2.24, 2.45) is 0 Å². The van der Waals surface area contributed by atoms with E-state index in [9.17, 15) is 4.79 Å². The summed E-state index contributed by atoms with van der Waals surface area (Å²) in [5.74, 6) is -0.218. The zero-order valence-electron chi connectivity index (χ0n) is 12.1. The Morgan fingerprint density at radius 1 is 1.38 bits per heavy atom. The molecule has 4 heteroatoms. The van der Waals surface area contributed by atoms with Gasteiger partial charge in [0.1, 0.15) is 6.54 Å². The van der Waals surface area contributed by atoms with Crippen LogP contribution in [0.15, 0.2) is 47.6 Å². The molecule has 1 aliphatic carbocycles. The molecule has 2 unspecified atom stereocenters. The number of nitrogens with one attached hydrogen (secondary N) is 1. The Balaban J connectivity index is 1.92. The summed E-state index contributed by atoms with van der Waals surface area (Å²) in [5.41, 5.74) is 3.74. The van der Waals surface area contributed by atoms with Gasteiger partial charge in [-0.1, -0.05) is 47.5 Å². The number of halogens is 1. The first kappa shape index (κ1) is 14.4. The van der Waals surface area contributed by atoms with Crippen LogP contribution in [-0.4, -0.2) is 26.2 Å². The molecule has 3 rings (SSSR count). The average Bonchev–Trinajstić information content (AvgIpc) is 2.97. The summed E-state index contributed by atoms with van der Waals surface area (Å²) in [6.45, 7) is 1.79. The molecule has 1 aromatic rings. The molecule has 2 aliphatic rings. The second kappa shape index (κ2) is 6.04. The zero-order valence-corrected chi connectivity index (χ0v) is 12.8. The molecular weight excluding hydrogens is 286 g/mol. The van der Waals surface area contributed by atoms with Crippen LogP contribution in [0.3, 0.4) is 0 Å². The van der Waals surface area contributed by atoms with Gasteiger partial charge in [0.25, 0.3) is 0 Å². The summed E-state index contributed by atoms with van der Waals surface area (Å²) < 4.78 is 5.03. The highest BCUT2D eigenvalue weighted by atomic mass is 35.5. The third kappa shape index (κ3) is 2.76. The minimum absolute atomic E-state index is 0.218. The van der Waals surface area contributed by atoms with E-state index in [0.29, 0.717) is 5.02 Å². The lowest BCUT2D eigenvalue weighted by molar-refractivity contribution is -0.919. The normalized spacial score (nSPS) is 22.1. The van der Waals surface area contributed by atoms with Crippen molar-refractivity contribution in [3.63, 3.8) is 0 Å². The standard InChI is InChI=1S/C17H18ClNO2/c1-21-17(20)16(14-7-2-3-8-15(14)18)19-10-9-12-5-4-6-13(12)11-19/h2-4,6-8,16H,5,9-11H2,1H3/p+1. The van der Waals surface area contributed by atoms with E-state index in [2.05, 4.69) is 12.2 Å². The van der Waals surface area contributed by atoms with Crippen molar-refractivity contribution in [2.75, 3.05) is 20.2 Å². The molecule has 0 amide bonds. The van der Waals surface area contributed by atoms with Crippen molar-refractivity contribution in [1.29, 1.82) is 0 Å². The van der Waals surface area contributed by atoms with E-state index < -0.39 is 0 Å². The number of ether oxygens (including phenoxy) is 1. The van der Waals surface area contributed by atoms with Crippen LogP contribution in [0.25, 0.3) is 0 Å². The topological polar surface area (TPSA) is 30.7 Å². The Labute approximate surface area is 129 Å². The fourth-order valence-corrected chi connectivity index (χ4v) is 3.52. The SMILES string of the molecule is COC(=O)C(c1ccccc1Cl)[NH+]1CCC2=C(C=CC2)C1. The van der Waals surface area contributed by atoms with Gasteiger partial charge in [-0.2, -0.15) is 0 Å². The maximum atomic E-state index is 12.3. The van der Waals surface area contributed by atoms with Crippen LogP contribution < -0.4 is 4.90 Å². The fourth-order valence-electron chi connectivity index (χ4n) is 3.27. The first-order valence-corrected chi connectivity index (χ1v) is 7.62. The largest absolute Gasteiger partial charge is 0.464 e. The minimum Gasteiger partial charge on any atom is -0.464 e. The molecule has 1 aliphatic heterocycles. The van der Waals surface area contributed by atoms with Gasteiger partial charge >= 0.3 is 5.97 Å². The van der Waals surface area contributed by atoms with Crippen LogP contribution >= 0.6 is 11.6 Å². The number of esters is 1. The van der Waals surface area contributed by atoms with Gasteiger partial charge in [-0.3, -0.25) is 0 Å². The van der Waals surface area contributed by atoms with Crippen LogP contribution in [0.1, 0.15) is 24.4 Å². The Hall–Kier alpha value is -1.58. The average molecular weight is 305 g/mol. The van der Waals surface area contributed by atoms with E-state index in [1.807, 2.05) is 24.3 Å². The number of benzene rings is 1. The Kier molecular flexibility index (Phi) is 4.13. The summed E-state index contributed by atoms with van der Waals surface area (Å²) in [6, 6.07) is 7.20. The predicted molar refractivity (Wildman–Crippen MR) is 82.3 cm³/mol. The van der Waals surface area contributed by atoms with Crippen LogP contribution in [-0.2, 0) is 9.53 Å². The Bertz CT molecular complexity index is 621. The summed E-state index contributed by atoms with van der Waals surface area (Å²) in [6.07, 6.45) is 6.50. The van der Waals surface area contributed by atoms with Crippen molar-refractivity contribution < 1.29 is 14.4 Å². The highest BCUT2D eigenvalue weighted by Gasteiger charge is 2.36. The van der Waals surface area contributed by atoms with E-state index in [0.717, 1.165) is 31.5 Å². The lowest BCUT2D eigenvalue weighted by atomic mass is 9.98. The minimum atomic E-state index is -0.355. The summed E-state index contributed by atoms with van der Waals surface area (Å²) in [5, 5.41) is 0.627. The molecule has 0 radical (unpaired) electrons. The van der Waals surface area contributed by atoms with Gasteiger partial charge in [0, 0.05) is 17.6 Å². The van der Waals surface area contributed by atoms with Gasteiger partial charge in [-0.25, -0.2) is 4.79 Å². The fraction of sp³-hybridized carbons (Fsp3) is 0.353. The number of allylic oxidation sites excluding steroid dienone is 1. The van der Waals surface area contributed by atoms with Gasteiger partial charge in [-0.05, 0) is 12.5 Å². The van der Waals surface area contributed by atoms with Gasteiger partial charge in [0.05, 0.1) is 18.7 Å². The third-order valence-electron chi connectivity index (χ3n) is 4.36. The number of rotatable bonds is 3. The molecular formula is C17H19ClNO2+. The molecule has 1 aromatic carbocycles. The van der Waals surface area contributed by atoms with Gasteiger partial charge in [-0.15, -0.1) is 0 Å². The molecule has 2 atom stereocenters. The first-order chi connectivity index (χ1) is 10.2. The summed E-state index contributed by atoms with van der Waals surface area (Å²) in [7, 11) is 1.44. The van der Waals surface area contributed by atoms with Crippen LogP contribution in [0, 0.1) is 0 Å². The Morgan fingerprint density at radius 3 is 2.95 bits per heavy atom. The molecule has 0 aromatic heterocycles. The van der Waals surface area contributed by atoms with E-state index >= 15 is 0 Å². The summed E-state index contributed by atoms with van der Waals surface area (Å²) >= 11 is 6.30. The van der Waals surface area contributed by atoms with Crippen LogP contribution in [0.4, 0.5) is 0 Å². The number of methoxy groups -OCH3 is 1. The van der Waals surface area contributed by atoms with Gasteiger partial charge in [0.2, 0.25) is 6.04 Å². The van der Waals surface area contributed by atoms with E-state index in [-0.39, 0.29) is 12.0 Å². The van der Waals surface area contributed by atoms with Crippen molar-refractivity contribution in [3.8, 4) is 0 Å². The van der Waals surface area contributed by atoms with E-state index in [4.69, 9.17) is 16.3 Å². The van der Waals surface area contributed by atoms with Crippen LogP contribution in [0.2, 0.25) is 5.02 Å². The van der Waals surface area contributed by atoms with Crippen LogP contribution in [0.5, 0.6) is 0 Å². The van der Waals surface area contributed by atoms with Crippen molar-refractivity contribution in [2.45, 2.75) is 18.9 Å². The first-order valence-electron chi connectivity index (χ1n) is 7.25.